The number of carbonyl (C=O) groups is 1. The summed E-state index contributed by atoms with van der Waals surface area (Å²) in [7, 11) is 3.85. The minimum atomic E-state index is -0.169. The van der Waals surface area contributed by atoms with Crippen molar-refractivity contribution in [2.24, 2.45) is 7.05 Å². The average Bonchev–Trinajstić information content (AvgIpc) is 3.02. The van der Waals surface area contributed by atoms with E-state index in [1.165, 1.54) is 0 Å². The zero-order chi connectivity index (χ0) is 17.8. The lowest BCUT2D eigenvalue weighted by atomic mass is 10.2. The van der Waals surface area contributed by atoms with E-state index in [0.29, 0.717) is 12.1 Å². The van der Waals surface area contributed by atoms with Crippen LogP contribution in [0, 0.1) is 6.92 Å². The van der Waals surface area contributed by atoms with Gasteiger partial charge in [-0.1, -0.05) is 17.7 Å². The Hall–Kier alpha value is -3.15. The highest BCUT2D eigenvalue weighted by Gasteiger charge is 2.09. The molecule has 0 unspecified atom stereocenters. The van der Waals surface area contributed by atoms with Crippen molar-refractivity contribution >= 4 is 17.4 Å². The van der Waals surface area contributed by atoms with Gasteiger partial charge in [-0.3, -0.25) is 9.48 Å². The van der Waals surface area contributed by atoms with Gasteiger partial charge in [0.25, 0.3) is 5.91 Å². The number of hydrogen-bond acceptors (Lipinski definition) is 4. The van der Waals surface area contributed by atoms with Crippen LogP contribution in [0.25, 0.3) is 0 Å². The van der Waals surface area contributed by atoms with E-state index in [2.05, 4.69) is 15.4 Å². The molecular formula is C19H21N5O. The van der Waals surface area contributed by atoms with Crippen molar-refractivity contribution in [2.75, 3.05) is 17.3 Å². The summed E-state index contributed by atoms with van der Waals surface area (Å²) in [5.74, 6) is 0.633. The van der Waals surface area contributed by atoms with Gasteiger partial charge in [0.1, 0.15) is 5.82 Å². The van der Waals surface area contributed by atoms with E-state index in [1.54, 1.807) is 16.9 Å². The first-order chi connectivity index (χ1) is 12.0. The van der Waals surface area contributed by atoms with Gasteiger partial charge >= 0.3 is 0 Å². The largest absolute Gasteiger partial charge is 0.355 e. The van der Waals surface area contributed by atoms with Crippen LogP contribution in [0.15, 0.2) is 55.0 Å². The molecule has 3 rings (SSSR count). The number of rotatable bonds is 5. The summed E-state index contributed by atoms with van der Waals surface area (Å²) >= 11 is 0. The Labute approximate surface area is 147 Å². The molecular weight excluding hydrogens is 314 g/mol. The van der Waals surface area contributed by atoms with Gasteiger partial charge in [0, 0.05) is 44.3 Å². The van der Waals surface area contributed by atoms with Crippen LogP contribution < -0.4 is 10.2 Å². The summed E-state index contributed by atoms with van der Waals surface area (Å²) in [4.78, 5) is 18.7. The number of hydrogen-bond donors (Lipinski definition) is 1. The number of aromatic nitrogens is 3. The first-order valence-corrected chi connectivity index (χ1v) is 8.04. The molecule has 0 aliphatic rings. The van der Waals surface area contributed by atoms with E-state index in [0.717, 1.165) is 22.6 Å². The van der Waals surface area contributed by atoms with E-state index in [1.807, 2.05) is 68.6 Å². The monoisotopic (exact) mass is 335 g/mol. The topological polar surface area (TPSA) is 63.1 Å². The summed E-state index contributed by atoms with van der Waals surface area (Å²) < 4.78 is 1.77. The van der Waals surface area contributed by atoms with Crippen LogP contribution in [0.1, 0.15) is 21.5 Å². The first kappa shape index (κ1) is 16.7. The molecule has 2 aromatic heterocycles. The number of benzene rings is 1. The van der Waals surface area contributed by atoms with Gasteiger partial charge in [-0.25, -0.2) is 4.98 Å². The highest BCUT2D eigenvalue weighted by atomic mass is 16.1. The van der Waals surface area contributed by atoms with Gasteiger partial charge in [-0.15, -0.1) is 0 Å². The molecule has 2 heterocycles. The smallest absolute Gasteiger partial charge is 0.257 e. The second-order valence-corrected chi connectivity index (χ2v) is 6.10. The molecule has 1 N–H and O–H groups in total. The second kappa shape index (κ2) is 7.17. The van der Waals surface area contributed by atoms with Crippen LogP contribution in [0.2, 0.25) is 0 Å². The third kappa shape index (κ3) is 4.23. The molecule has 0 atom stereocenters. The minimum absolute atomic E-state index is 0.169. The minimum Gasteiger partial charge on any atom is -0.355 e. The summed E-state index contributed by atoms with van der Waals surface area (Å²) in [6.45, 7) is 2.71. The molecule has 6 nitrogen and oxygen atoms in total. The van der Waals surface area contributed by atoms with Crippen molar-refractivity contribution in [1.29, 1.82) is 0 Å². The fourth-order valence-corrected chi connectivity index (χ4v) is 2.49. The summed E-state index contributed by atoms with van der Waals surface area (Å²) in [6, 6.07) is 11.3. The van der Waals surface area contributed by atoms with E-state index >= 15 is 0 Å². The summed E-state index contributed by atoms with van der Waals surface area (Å²) in [5.41, 5.74) is 3.56. The van der Waals surface area contributed by atoms with Crippen LogP contribution in [0.3, 0.4) is 0 Å². The fourth-order valence-electron chi connectivity index (χ4n) is 2.49. The van der Waals surface area contributed by atoms with Crippen molar-refractivity contribution in [3.05, 3.63) is 71.7 Å². The van der Waals surface area contributed by atoms with Gasteiger partial charge in [0.2, 0.25) is 0 Å². The number of anilines is 2. The highest BCUT2D eigenvalue weighted by Crippen LogP contribution is 2.15. The van der Waals surface area contributed by atoms with E-state index in [4.69, 9.17) is 0 Å². The molecule has 0 aliphatic carbocycles. The van der Waals surface area contributed by atoms with Gasteiger partial charge in [0.05, 0.1) is 11.8 Å². The van der Waals surface area contributed by atoms with Gasteiger partial charge in [0.15, 0.2) is 0 Å². The number of nitrogens with one attached hydrogen (secondary N) is 1. The molecule has 0 saturated carbocycles. The Balaban J connectivity index is 1.64. The molecule has 0 bridgehead atoms. The average molecular weight is 335 g/mol. The number of aryl methyl sites for hydroxylation is 2. The number of nitrogens with zero attached hydrogens (tertiary/aromatic N) is 4. The molecule has 25 heavy (non-hydrogen) atoms. The third-order valence-electron chi connectivity index (χ3n) is 3.89. The molecule has 3 aromatic rings. The summed E-state index contributed by atoms with van der Waals surface area (Å²) in [5, 5.41) is 7.04. The lowest BCUT2D eigenvalue weighted by molar-refractivity contribution is 0.102. The number of carbonyl (C=O) groups excluding carboxylic acids is 1. The van der Waals surface area contributed by atoms with E-state index in [9.17, 15) is 4.79 Å². The lowest BCUT2D eigenvalue weighted by Crippen LogP contribution is -2.18. The van der Waals surface area contributed by atoms with Gasteiger partial charge < -0.3 is 10.2 Å². The highest BCUT2D eigenvalue weighted by molar-refractivity contribution is 6.04. The van der Waals surface area contributed by atoms with Crippen LogP contribution in [-0.4, -0.2) is 27.7 Å². The second-order valence-electron chi connectivity index (χ2n) is 6.10. The third-order valence-corrected chi connectivity index (χ3v) is 3.89. The van der Waals surface area contributed by atoms with E-state index in [-0.39, 0.29) is 5.91 Å². The predicted octanol–water partition coefficient (Wildman–Crippen LogP) is 3.01. The molecule has 1 aromatic carbocycles. The molecule has 0 aliphatic heterocycles. The van der Waals surface area contributed by atoms with Gasteiger partial charge in [-0.2, -0.15) is 5.10 Å². The van der Waals surface area contributed by atoms with Gasteiger partial charge in [-0.05, 0) is 31.2 Å². The molecule has 128 valence electrons. The normalized spacial score (nSPS) is 10.5. The fraction of sp³-hybridized carbons (Fsp3) is 0.211. The maximum atomic E-state index is 12.3. The predicted molar refractivity (Wildman–Crippen MR) is 98.7 cm³/mol. The number of amides is 1. The quantitative estimate of drug-likeness (QED) is 0.778. The first-order valence-electron chi connectivity index (χ1n) is 8.04. The van der Waals surface area contributed by atoms with Crippen molar-refractivity contribution in [3.63, 3.8) is 0 Å². The molecule has 0 saturated heterocycles. The number of pyridine rings is 1. The Morgan fingerprint density at radius 2 is 1.92 bits per heavy atom. The molecule has 0 radical (unpaired) electrons. The Morgan fingerprint density at radius 1 is 1.16 bits per heavy atom. The van der Waals surface area contributed by atoms with Crippen molar-refractivity contribution < 1.29 is 4.79 Å². The SMILES string of the molecule is Cc1ccc(NC(=O)c2ccc(N(C)Cc3cnn(C)c3)nc2)cc1. The van der Waals surface area contributed by atoms with Crippen LogP contribution in [0.4, 0.5) is 11.5 Å². The Morgan fingerprint density at radius 3 is 2.52 bits per heavy atom. The molecule has 1 amide bonds. The molecule has 0 spiro atoms. The van der Waals surface area contributed by atoms with E-state index < -0.39 is 0 Å². The zero-order valence-corrected chi connectivity index (χ0v) is 14.6. The Kier molecular flexibility index (Phi) is 4.79. The van der Waals surface area contributed by atoms with Crippen molar-refractivity contribution in [3.8, 4) is 0 Å². The molecule has 6 heteroatoms. The molecule has 0 fully saturated rings. The lowest BCUT2D eigenvalue weighted by Gasteiger charge is -2.17. The maximum Gasteiger partial charge on any atom is 0.257 e. The standard InChI is InChI=1S/C19H21N5O/c1-14-4-7-17(8-5-14)22-19(25)16-6-9-18(20-11-16)23(2)12-15-10-21-24(3)13-15/h4-11,13H,12H2,1-3H3,(H,22,25). The Bertz CT molecular complexity index is 852. The van der Waals surface area contributed by atoms with Crippen molar-refractivity contribution in [1.82, 2.24) is 14.8 Å². The summed E-state index contributed by atoms with van der Waals surface area (Å²) in [6.07, 6.45) is 5.40. The van der Waals surface area contributed by atoms with Crippen molar-refractivity contribution in [2.45, 2.75) is 13.5 Å². The van der Waals surface area contributed by atoms with Crippen LogP contribution in [0.5, 0.6) is 0 Å². The zero-order valence-electron chi connectivity index (χ0n) is 14.6. The van der Waals surface area contributed by atoms with Crippen LogP contribution in [-0.2, 0) is 13.6 Å². The maximum absolute atomic E-state index is 12.3. The van der Waals surface area contributed by atoms with Crippen LogP contribution >= 0.6 is 0 Å².